The molecule has 0 unspecified atom stereocenters. The second-order valence-corrected chi connectivity index (χ2v) is 4.45. The first-order valence-electron chi connectivity index (χ1n) is 3.87. The predicted octanol–water partition coefficient (Wildman–Crippen LogP) is 2.79. The molecule has 0 aromatic rings. The average Bonchev–Trinajstić information content (AvgIpc) is 2.48. The van der Waals surface area contributed by atoms with E-state index in [1.165, 1.54) is 24.3 Å². The van der Waals surface area contributed by atoms with Crippen molar-refractivity contribution in [2.24, 2.45) is 11.8 Å². The van der Waals surface area contributed by atoms with Crippen molar-refractivity contribution in [2.45, 2.75) is 26.7 Å². The summed E-state index contributed by atoms with van der Waals surface area (Å²) in [5.74, 6) is 4.77. The predicted molar refractivity (Wildman–Crippen MR) is 44.9 cm³/mol. The molecule has 0 nitrogen and oxygen atoms in total. The third kappa shape index (κ3) is 3.85. The van der Waals surface area contributed by atoms with Gasteiger partial charge < -0.3 is 0 Å². The van der Waals surface area contributed by atoms with Crippen molar-refractivity contribution in [3.8, 4) is 0 Å². The van der Waals surface area contributed by atoms with Gasteiger partial charge in [0, 0.05) is 0 Å². The fourth-order valence-electron chi connectivity index (χ4n) is 0.755. The Morgan fingerprint density at radius 3 is 2.56 bits per heavy atom. The van der Waals surface area contributed by atoms with E-state index in [4.69, 9.17) is 0 Å². The van der Waals surface area contributed by atoms with E-state index < -0.39 is 0 Å². The molecule has 0 aliphatic heterocycles. The van der Waals surface area contributed by atoms with Crippen LogP contribution >= 0.6 is 11.8 Å². The van der Waals surface area contributed by atoms with Crippen LogP contribution in [0.2, 0.25) is 0 Å². The minimum Gasteiger partial charge on any atom is -0.161 e. The zero-order valence-electron chi connectivity index (χ0n) is 6.39. The molecule has 1 aliphatic carbocycles. The maximum absolute atomic E-state index is 2.29. The SMILES string of the molecule is CC(C)CSCC1CC1. The molecule has 0 spiro atoms. The minimum absolute atomic E-state index is 0.883. The molecular formula is C8H16S. The van der Waals surface area contributed by atoms with Crippen LogP contribution in [-0.4, -0.2) is 11.5 Å². The van der Waals surface area contributed by atoms with Crippen molar-refractivity contribution in [1.82, 2.24) is 0 Å². The fourth-order valence-corrected chi connectivity index (χ4v) is 2.03. The molecule has 0 amide bonds. The Bertz CT molecular complexity index is 72.6. The highest BCUT2D eigenvalue weighted by molar-refractivity contribution is 7.99. The lowest BCUT2D eigenvalue weighted by Gasteiger charge is -2.01. The van der Waals surface area contributed by atoms with Crippen molar-refractivity contribution in [3.05, 3.63) is 0 Å². The third-order valence-corrected chi connectivity index (χ3v) is 3.11. The molecule has 0 bridgehead atoms. The van der Waals surface area contributed by atoms with Crippen LogP contribution in [0.25, 0.3) is 0 Å². The standard InChI is InChI=1S/C8H16S/c1-7(2)5-9-6-8-3-4-8/h7-8H,3-6H2,1-2H3. The lowest BCUT2D eigenvalue weighted by Crippen LogP contribution is -1.92. The van der Waals surface area contributed by atoms with Gasteiger partial charge in [0.05, 0.1) is 0 Å². The van der Waals surface area contributed by atoms with Gasteiger partial charge in [-0.05, 0) is 36.2 Å². The highest BCUT2D eigenvalue weighted by Gasteiger charge is 2.20. The van der Waals surface area contributed by atoms with Gasteiger partial charge in [-0.1, -0.05) is 13.8 Å². The molecule has 0 atom stereocenters. The summed E-state index contributed by atoms with van der Waals surface area (Å²) in [4.78, 5) is 0. The summed E-state index contributed by atoms with van der Waals surface area (Å²) in [5.41, 5.74) is 0. The van der Waals surface area contributed by atoms with E-state index in [2.05, 4.69) is 25.6 Å². The zero-order chi connectivity index (χ0) is 6.69. The molecule has 9 heavy (non-hydrogen) atoms. The molecular weight excluding hydrogens is 128 g/mol. The molecule has 1 fully saturated rings. The quantitative estimate of drug-likeness (QED) is 0.584. The topological polar surface area (TPSA) is 0 Å². The second kappa shape index (κ2) is 3.50. The van der Waals surface area contributed by atoms with E-state index in [9.17, 15) is 0 Å². The number of rotatable bonds is 4. The van der Waals surface area contributed by atoms with Crippen molar-refractivity contribution >= 4 is 11.8 Å². The lowest BCUT2D eigenvalue weighted by molar-refractivity contribution is 0.749. The van der Waals surface area contributed by atoms with Gasteiger partial charge in [-0.2, -0.15) is 11.8 Å². The van der Waals surface area contributed by atoms with Crippen LogP contribution in [0.1, 0.15) is 26.7 Å². The van der Waals surface area contributed by atoms with E-state index in [0.29, 0.717) is 0 Å². The Kier molecular flexibility index (Phi) is 2.90. The van der Waals surface area contributed by atoms with Crippen molar-refractivity contribution in [3.63, 3.8) is 0 Å². The molecule has 1 saturated carbocycles. The van der Waals surface area contributed by atoms with Gasteiger partial charge in [0.1, 0.15) is 0 Å². The summed E-state index contributed by atoms with van der Waals surface area (Å²) in [6, 6.07) is 0. The van der Waals surface area contributed by atoms with Crippen LogP contribution in [0.5, 0.6) is 0 Å². The molecule has 0 aromatic heterocycles. The van der Waals surface area contributed by atoms with E-state index in [1.807, 2.05) is 0 Å². The minimum atomic E-state index is 0.883. The van der Waals surface area contributed by atoms with E-state index >= 15 is 0 Å². The Hall–Kier alpha value is 0.350. The van der Waals surface area contributed by atoms with Gasteiger partial charge >= 0.3 is 0 Å². The molecule has 1 heteroatoms. The molecule has 54 valence electrons. The first kappa shape index (κ1) is 7.46. The van der Waals surface area contributed by atoms with Crippen LogP contribution in [-0.2, 0) is 0 Å². The molecule has 0 saturated heterocycles. The van der Waals surface area contributed by atoms with Gasteiger partial charge in [0.15, 0.2) is 0 Å². The Morgan fingerprint density at radius 2 is 2.11 bits per heavy atom. The maximum Gasteiger partial charge on any atom is -0.00390 e. The largest absolute Gasteiger partial charge is 0.161 e. The maximum atomic E-state index is 2.29. The summed E-state index contributed by atoms with van der Waals surface area (Å²) in [5, 5.41) is 0. The van der Waals surface area contributed by atoms with Gasteiger partial charge in [-0.15, -0.1) is 0 Å². The van der Waals surface area contributed by atoms with Gasteiger partial charge in [-0.3, -0.25) is 0 Å². The number of thioether (sulfide) groups is 1. The number of hydrogen-bond acceptors (Lipinski definition) is 1. The summed E-state index contributed by atoms with van der Waals surface area (Å²) in [6.45, 7) is 4.58. The monoisotopic (exact) mass is 144 g/mol. The van der Waals surface area contributed by atoms with E-state index in [1.54, 1.807) is 0 Å². The van der Waals surface area contributed by atoms with Crippen LogP contribution in [0.15, 0.2) is 0 Å². The van der Waals surface area contributed by atoms with Crippen LogP contribution in [0.4, 0.5) is 0 Å². The van der Waals surface area contributed by atoms with E-state index in [-0.39, 0.29) is 0 Å². The number of hydrogen-bond donors (Lipinski definition) is 0. The Morgan fingerprint density at radius 1 is 1.44 bits per heavy atom. The molecule has 1 rings (SSSR count). The fraction of sp³-hybridized carbons (Fsp3) is 1.00. The van der Waals surface area contributed by atoms with E-state index in [0.717, 1.165) is 11.8 Å². The Balaban J connectivity index is 1.81. The average molecular weight is 144 g/mol. The highest BCUT2D eigenvalue weighted by Crippen LogP contribution is 2.32. The second-order valence-electron chi connectivity index (χ2n) is 3.37. The molecule has 0 N–H and O–H groups in total. The van der Waals surface area contributed by atoms with Gasteiger partial charge in [0.25, 0.3) is 0 Å². The summed E-state index contributed by atoms with van der Waals surface area (Å²) >= 11 is 2.13. The molecule has 0 heterocycles. The lowest BCUT2D eigenvalue weighted by atomic mass is 10.3. The van der Waals surface area contributed by atoms with Crippen molar-refractivity contribution in [2.75, 3.05) is 11.5 Å². The zero-order valence-corrected chi connectivity index (χ0v) is 7.21. The summed E-state index contributed by atoms with van der Waals surface area (Å²) in [7, 11) is 0. The van der Waals surface area contributed by atoms with Gasteiger partial charge in [0.2, 0.25) is 0 Å². The first-order valence-corrected chi connectivity index (χ1v) is 5.02. The van der Waals surface area contributed by atoms with Crippen LogP contribution in [0.3, 0.4) is 0 Å². The smallest absolute Gasteiger partial charge is 0.00390 e. The first-order chi connectivity index (χ1) is 4.29. The molecule has 0 radical (unpaired) electrons. The molecule has 0 aromatic carbocycles. The van der Waals surface area contributed by atoms with Gasteiger partial charge in [-0.25, -0.2) is 0 Å². The van der Waals surface area contributed by atoms with Crippen LogP contribution < -0.4 is 0 Å². The third-order valence-electron chi connectivity index (χ3n) is 1.50. The van der Waals surface area contributed by atoms with Crippen LogP contribution in [0, 0.1) is 11.8 Å². The normalized spacial score (nSPS) is 19.0. The van der Waals surface area contributed by atoms with Crippen molar-refractivity contribution < 1.29 is 0 Å². The molecule has 1 aliphatic rings. The summed E-state index contributed by atoms with van der Waals surface area (Å²) < 4.78 is 0. The Labute approximate surface area is 62.4 Å². The summed E-state index contributed by atoms with van der Waals surface area (Å²) in [6.07, 6.45) is 3.01. The van der Waals surface area contributed by atoms with Crippen molar-refractivity contribution in [1.29, 1.82) is 0 Å². The highest BCUT2D eigenvalue weighted by atomic mass is 32.2.